The maximum absolute atomic E-state index is 11.3. The Labute approximate surface area is 94.8 Å². The van der Waals surface area contributed by atoms with Crippen molar-refractivity contribution in [1.29, 1.82) is 0 Å². The average Bonchev–Trinajstić information content (AvgIpc) is 2.67. The number of amides is 1. The zero-order chi connectivity index (χ0) is 11.8. The van der Waals surface area contributed by atoms with Crippen LogP contribution in [0.5, 0.6) is 0 Å². The highest BCUT2D eigenvalue weighted by Gasteiger charge is 1.96. The first kappa shape index (κ1) is 12.4. The zero-order valence-corrected chi connectivity index (χ0v) is 9.39. The number of aliphatic hydroxyl groups is 1. The minimum Gasteiger partial charge on any atom is -0.396 e. The summed E-state index contributed by atoms with van der Waals surface area (Å²) in [5.74, 6) is -0.126. The summed E-state index contributed by atoms with van der Waals surface area (Å²) in [6, 6.07) is 1.83. The molecule has 2 N–H and O–H groups in total. The first-order valence-corrected chi connectivity index (χ1v) is 5.29. The molecule has 5 heteroatoms. The lowest BCUT2D eigenvalue weighted by atomic mass is 10.3. The Morgan fingerprint density at radius 2 is 2.44 bits per heavy atom. The predicted molar refractivity (Wildman–Crippen MR) is 61.6 cm³/mol. The van der Waals surface area contributed by atoms with Crippen LogP contribution in [0.3, 0.4) is 0 Å². The van der Waals surface area contributed by atoms with Crippen molar-refractivity contribution in [3.8, 4) is 0 Å². The molecule has 1 aromatic heterocycles. The molecule has 88 valence electrons. The normalized spacial score (nSPS) is 10.9. The summed E-state index contributed by atoms with van der Waals surface area (Å²) >= 11 is 0. The number of hydrogen-bond donors (Lipinski definition) is 2. The lowest BCUT2D eigenvalue weighted by Crippen LogP contribution is -2.22. The number of rotatable bonds is 6. The van der Waals surface area contributed by atoms with Gasteiger partial charge < -0.3 is 10.4 Å². The zero-order valence-electron chi connectivity index (χ0n) is 9.39. The number of nitrogens with zero attached hydrogens (tertiary/aromatic N) is 2. The third-order valence-electron chi connectivity index (χ3n) is 2.15. The topological polar surface area (TPSA) is 67.2 Å². The second-order valence-corrected chi connectivity index (χ2v) is 3.43. The number of carbonyl (C=O) groups is 1. The van der Waals surface area contributed by atoms with Gasteiger partial charge in [0.1, 0.15) is 0 Å². The third-order valence-corrected chi connectivity index (χ3v) is 2.15. The van der Waals surface area contributed by atoms with Crippen LogP contribution in [0.1, 0.15) is 18.5 Å². The van der Waals surface area contributed by atoms with Crippen LogP contribution in [-0.4, -0.2) is 33.9 Å². The summed E-state index contributed by atoms with van der Waals surface area (Å²) in [4.78, 5) is 11.3. The minimum absolute atomic E-state index is 0.126. The number of aromatic nitrogens is 2. The van der Waals surface area contributed by atoms with Crippen LogP contribution in [0.2, 0.25) is 0 Å². The molecule has 1 aromatic rings. The highest BCUT2D eigenvalue weighted by atomic mass is 16.2. The summed E-state index contributed by atoms with van der Waals surface area (Å²) in [6.07, 6.45) is 6.39. The monoisotopic (exact) mass is 223 g/mol. The van der Waals surface area contributed by atoms with E-state index in [-0.39, 0.29) is 12.5 Å². The Morgan fingerprint density at radius 1 is 1.62 bits per heavy atom. The largest absolute Gasteiger partial charge is 0.396 e. The lowest BCUT2D eigenvalue weighted by molar-refractivity contribution is -0.116. The van der Waals surface area contributed by atoms with Crippen LogP contribution in [0.25, 0.3) is 6.08 Å². The van der Waals surface area contributed by atoms with E-state index in [2.05, 4.69) is 10.4 Å². The molecule has 1 heterocycles. The van der Waals surface area contributed by atoms with Crippen molar-refractivity contribution < 1.29 is 9.90 Å². The Bertz CT molecular complexity index is 358. The first-order valence-electron chi connectivity index (χ1n) is 5.29. The standard InChI is InChI=1S/C11H17N3O2/c1-14-10(6-8-13-14)4-5-11(16)12-7-2-3-9-15/h4-6,8,15H,2-3,7,9H2,1H3,(H,12,16)/b5-4+. The molecule has 0 unspecified atom stereocenters. The van der Waals surface area contributed by atoms with E-state index < -0.39 is 0 Å². The maximum atomic E-state index is 11.3. The molecule has 0 atom stereocenters. The van der Waals surface area contributed by atoms with E-state index in [9.17, 15) is 4.79 Å². The van der Waals surface area contributed by atoms with Crippen molar-refractivity contribution in [1.82, 2.24) is 15.1 Å². The molecule has 0 fully saturated rings. The molecule has 0 bridgehead atoms. The van der Waals surface area contributed by atoms with Gasteiger partial charge in [-0.1, -0.05) is 0 Å². The Morgan fingerprint density at radius 3 is 3.06 bits per heavy atom. The van der Waals surface area contributed by atoms with Crippen molar-refractivity contribution in [2.24, 2.45) is 7.05 Å². The molecular weight excluding hydrogens is 206 g/mol. The summed E-state index contributed by atoms with van der Waals surface area (Å²) in [6.45, 7) is 0.760. The van der Waals surface area contributed by atoms with E-state index in [0.717, 1.165) is 12.1 Å². The van der Waals surface area contributed by atoms with Gasteiger partial charge in [-0.3, -0.25) is 9.48 Å². The summed E-state index contributed by atoms with van der Waals surface area (Å²) in [5.41, 5.74) is 0.880. The van der Waals surface area contributed by atoms with Gasteiger partial charge in [-0.05, 0) is 25.0 Å². The van der Waals surface area contributed by atoms with Crippen molar-refractivity contribution >= 4 is 12.0 Å². The summed E-state index contributed by atoms with van der Waals surface area (Å²) in [5, 5.41) is 15.3. The SMILES string of the molecule is Cn1nccc1/C=C/C(=O)NCCCCO. The smallest absolute Gasteiger partial charge is 0.244 e. The van der Waals surface area contributed by atoms with Crippen molar-refractivity contribution in [3.05, 3.63) is 24.0 Å². The van der Waals surface area contributed by atoms with Crippen LogP contribution in [-0.2, 0) is 11.8 Å². The van der Waals surface area contributed by atoms with Gasteiger partial charge >= 0.3 is 0 Å². The van der Waals surface area contributed by atoms with Crippen molar-refractivity contribution in [3.63, 3.8) is 0 Å². The number of carbonyl (C=O) groups excluding carboxylic acids is 1. The van der Waals surface area contributed by atoms with Gasteiger partial charge in [-0.25, -0.2) is 0 Å². The molecule has 0 aliphatic rings. The van der Waals surface area contributed by atoms with Gasteiger partial charge in [0.15, 0.2) is 0 Å². The average molecular weight is 223 g/mol. The summed E-state index contributed by atoms with van der Waals surface area (Å²) in [7, 11) is 1.82. The number of hydrogen-bond acceptors (Lipinski definition) is 3. The molecule has 1 amide bonds. The van der Waals surface area contributed by atoms with Gasteiger partial charge in [0.2, 0.25) is 5.91 Å². The van der Waals surface area contributed by atoms with Crippen LogP contribution in [0.15, 0.2) is 18.3 Å². The molecule has 5 nitrogen and oxygen atoms in total. The summed E-state index contributed by atoms with van der Waals surface area (Å²) < 4.78 is 1.69. The first-order chi connectivity index (χ1) is 7.74. The molecule has 0 aliphatic carbocycles. The van der Waals surface area contributed by atoms with Gasteiger partial charge in [0.05, 0.1) is 5.69 Å². The minimum atomic E-state index is -0.126. The van der Waals surface area contributed by atoms with Gasteiger partial charge in [0, 0.05) is 32.5 Å². The number of nitrogens with one attached hydrogen (secondary N) is 1. The van der Waals surface area contributed by atoms with E-state index >= 15 is 0 Å². The van der Waals surface area contributed by atoms with Gasteiger partial charge in [-0.15, -0.1) is 0 Å². The fraction of sp³-hybridized carbons (Fsp3) is 0.455. The Hall–Kier alpha value is -1.62. The van der Waals surface area contributed by atoms with Crippen molar-refractivity contribution in [2.75, 3.05) is 13.2 Å². The number of unbranched alkanes of at least 4 members (excludes halogenated alkanes) is 1. The van der Waals surface area contributed by atoms with Crippen LogP contribution in [0, 0.1) is 0 Å². The van der Waals surface area contributed by atoms with E-state index in [1.54, 1.807) is 17.0 Å². The number of aliphatic hydroxyl groups excluding tert-OH is 1. The predicted octanol–water partition coefficient (Wildman–Crippen LogP) is 0.322. The quantitative estimate of drug-likeness (QED) is 0.539. The molecule has 16 heavy (non-hydrogen) atoms. The van der Waals surface area contributed by atoms with Gasteiger partial charge in [-0.2, -0.15) is 5.10 Å². The third kappa shape index (κ3) is 4.27. The molecule has 1 rings (SSSR count). The van der Waals surface area contributed by atoms with Crippen LogP contribution in [0.4, 0.5) is 0 Å². The fourth-order valence-electron chi connectivity index (χ4n) is 1.22. The highest BCUT2D eigenvalue weighted by Crippen LogP contribution is 1.98. The Balaban J connectivity index is 2.29. The maximum Gasteiger partial charge on any atom is 0.244 e. The van der Waals surface area contributed by atoms with Crippen LogP contribution >= 0.6 is 0 Å². The molecule has 0 saturated carbocycles. The second-order valence-electron chi connectivity index (χ2n) is 3.43. The van der Waals surface area contributed by atoms with E-state index in [1.165, 1.54) is 6.08 Å². The molecular formula is C11H17N3O2. The number of aryl methyl sites for hydroxylation is 1. The molecule has 0 saturated heterocycles. The Kier molecular flexibility index (Phi) is 5.28. The van der Waals surface area contributed by atoms with Gasteiger partial charge in [0.25, 0.3) is 0 Å². The highest BCUT2D eigenvalue weighted by molar-refractivity contribution is 5.91. The molecule has 0 radical (unpaired) electrons. The van der Waals surface area contributed by atoms with E-state index in [1.807, 2.05) is 13.1 Å². The van der Waals surface area contributed by atoms with E-state index in [0.29, 0.717) is 13.0 Å². The fourth-order valence-corrected chi connectivity index (χ4v) is 1.22. The lowest BCUT2D eigenvalue weighted by Gasteiger charge is -2.00. The molecule has 0 spiro atoms. The molecule has 0 aromatic carbocycles. The van der Waals surface area contributed by atoms with E-state index in [4.69, 9.17) is 5.11 Å². The van der Waals surface area contributed by atoms with Crippen molar-refractivity contribution in [2.45, 2.75) is 12.8 Å². The second kappa shape index (κ2) is 6.79. The van der Waals surface area contributed by atoms with Crippen LogP contribution < -0.4 is 5.32 Å². The molecule has 0 aliphatic heterocycles.